The second kappa shape index (κ2) is 9.32. The first kappa shape index (κ1) is 20.6. The van der Waals surface area contributed by atoms with E-state index in [1.165, 1.54) is 24.3 Å². The third-order valence-corrected chi connectivity index (χ3v) is 5.72. The summed E-state index contributed by atoms with van der Waals surface area (Å²) < 4.78 is 28.7. The van der Waals surface area contributed by atoms with Crippen LogP contribution in [-0.2, 0) is 14.6 Å². The molecule has 0 aliphatic rings. The lowest BCUT2D eigenvalue weighted by Gasteiger charge is -2.08. The normalized spacial score (nSPS) is 11.0. The zero-order valence-corrected chi connectivity index (χ0v) is 16.2. The second-order valence-electron chi connectivity index (χ2n) is 5.95. The van der Waals surface area contributed by atoms with Gasteiger partial charge in [0, 0.05) is 11.3 Å². The molecule has 1 N–H and O–H groups in total. The van der Waals surface area contributed by atoms with Crippen LogP contribution in [0.15, 0.2) is 53.4 Å². The number of unbranched alkanes of at least 4 members (excludes halogenated alkanes) is 1. The van der Waals surface area contributed by atoms with Gasteiger partial charge in [0.1, 0.15) is 0 Å². The van der Waals surface area contributed by atoms with E-state index in [-0.39, 0.29) is 16.6 Å². The number of rotatable bonds is 8. The van der Waals surface area contributed by atoms with Gasteiger partial charge in [-0.15, -0.1) is 0 Å². The zero-order valence-electron chi connectivity index (χ0n) is 15.4. The fourth-order valence-electron chi connectivity index (χ4n) is 2.27. The number of amides is 1. The van der Waals surface area contributed by atoms with E-state index in [9.17, 15) is 18.0 Å². The predicted molar refractivity (Wildman–Crippen MR) is 104 cm³/mol. The molecule has 6 nitrogen and oxygen atoms in total. The molecule has 0 spiro atoms. The van der Waals surface area contributed by atoms with Crippen molar-refractivity contribution < 1.29 is 22.7 Å². The van der Waals surface area contributed by atoms with Crippen LogP contribution in [0.3, 0.4) is 0 Å². The molecule has 7 heteroatoms. The van der Waals surface area contributed by atoms with Crippen molar-refractivity contribution in [1.82, 2.24) is 0 Å². The van der Waals surface area contributed by atoms with E-state index < -0.39 is 15.8 Å². The minimum absolute atomic E-state index is 0.00572. The van der Waals surface area contributed by atoms with Gasteiger partial charge in [0.15, 0.2) is 9.84 Å². The summed E-state index contributed by atoms with van der Waals surface area (Å²) in [6.07, 6.45) is 1.77. The Kier molecular flexibility index (Phi) is 7.12. The molecule has 2 rings (SSSR count). The van der Waals surface area contributed by atoms with E-state index in [1.807, 2.05) is 6.92 Å². The summed E-state index contributed by atoms with van der Waals surface area (Å²) in [6.45, 7) is 3.97. The molecule has 0 fully saturated rings. The van der Waals surface area contributed by atoms with E-state index in [0.29, 0.717) is 23.4 Å². The number of nitrogens with one attached hydrogen (secondary N) is 1. The third kappa shape index (κ3) is 5.65. The maximum atomic E-state index is 12.3. The molecule has 0 bridgehead atoms. The molecule has 0 atom stereocenters. The number of anilines is 1. The van der Waals surface area contributed by atoms with Crippen molar-refractivity contribution in [3.05, 3.63) is 59.7 Å². The second-order valence-corrected chi connectivity index (χ2v) is 8.23. The van der Waals surface area contributed by atoms with Gasteiger partial charge in [-0.1, -0.05) is 20.3 Å². The molecule has 1 amide bonds. The highest BCUT2D eigenvalue weighted by atomic mass is 32.2. The van der Waals surface area contributed by atoms with Crippen molar-refractivity contribution in [3.63, 3.8) is 0 Å². The van der Waals surface area contributed by atoms with Crippen molar-refractivity contribution in [1.29, 1.82) is 0 Å². The fraction of sp³-hybridized carbons (Fsp3) is 0.300. The maximum absolute atomic E-state index is 12.3. The number of benzene rings is 2. The minimum atomic E-state index is -3.30. The van der Waals surface area contributed by atoms with Gasteiger partial charge in [0.25, 0.3) is 5.91 Å². The molecule has 0 aromatic heterocycles. The lowest BCUT2D eigenvalue weighted by molar-refractivity contribution is 0.0499. The summed E-state index contributed by atoms with van der Waals surface area (Å²) in [5, 5.41) is 2.71. The smallest absolute Gasteiger partial charge is 0.338 e. The summed E-state index contributed by atoms with van der Waals surface area (Å²) in [6, 6.07) is 12.2. The Morgan fingerprint density at radius 1 is 0.926 bits per heavy atom. The molecule has 0 heterocycles. The van der Waals surface area contributed by atoms with Gasteiger partial charge in [0.05, 0.1) is 22.8 Å². The number of hydrogen-bond donors (Lipinski definition) is 1. The predicted octanol–water partition coefficient (Wildman–Crippen LogP) is 3.69. The zero-order chi connectivity index (χ0) is 19.9. The molecule has 0 radical (unpaired) electrons. The van der Waals surface area contributed by atoms with E-state index in [2.05, 4.69) is 5.32 Å². The van der Waals surface area contributed by atoms with Crippen LogP contribution in [0.4, 0.5) is 5.69 Å². The van der Waals surface area contributed by atoms with E-state index >= 15 is 0 Å². The van der Waals surface area contributed by atoms with Crippen LogP contribution in [0.5, 0.6) is 0 Å². The molecule has 27 heavy (non-hydrogen) atoms. The quantitative estimate of drug-likeness (QED) is 0.549. The minimum Gasteiger partial charge on any atom is -0.462 e. The Bertz CT molecular complexity index is 887. The Morgan fingerprint density at radius 3 is 2.07 bits per heavy atom. The van der Waals surface area contributed by atoms with Crippen LogP contribution < -0.4 is 5.32 Å². The molecule has 0 aliphatic carbocycles. The van der Waals surface area contributed by atoms with Crippen LogP contribution >= 0.6 is 0 Å². The number of carbonyl (C=O) groups excluding carboxylic acids is 2. The van der Waals surface area contributed by atoms with Gasteiger partial charge in [-0.25, -0.2) is 13.2 Å². The highest BCUT2D eigenvalue weighted by molar-refractivity contribution is 7.91. The number of hydrogen-bond acceptors (Lipinski definition) is 5. The summed E-state index contributed by atoms with van der Waals surface area (Å²) in [4.78, 5) is 24.3. The van der Waals surface area contributed by atoms with Gasteiger partial charge in [-0.05, 0) is 55.0 Å². The first-order valence-corrected chi connectivity index (χ1v) is 10.4. The van der Waals surface area contributed by atoms with Gasteiger partial charge in [0.2, 0.25) is 0 Å². The van der Waals surface area contributed by atoms with Crippen molar-refractivity contribution in [2.24, 2.45) is 0 Å². The maximum Gasteiger partial charge on any atom is 0.338 e. The van der Waals surface area contributed by atoms with Gasteiger partial charge in [-0.2, -0.15) is 0 Å². The summed E-state index contributed by atoms with van der Waals surface area (Å²) in [5.74, 6) is -0.756. The first-order chi connectivity index (χ1) is 12.9. The van der Waals surface area contributed by atoms with Gasteiger partial charge in [-0.3, -0.25) is 4.79 Å². The van der Waals surface area contributed by atoms with E-state index in [4.69, 9.17) is 4.74 Å². The fourth-order valence-corrected chi connectivity index (χ4v) is 3.15. The summed E-state index contributed by atoms with van der Waals surface area (Å²) in [7, 11) is -3.30. The van der Waals surface area contributed by atoms with Crippen molar-refractivity contribution in [2.75, 3.05) is 17.7 Å². The van der Waals surface area contributed by atoms with Crippen molar-refractivity contribution in [3.8, 4) is 0 Å². The number of ether oxygens (including phenoxy) is 1. The van der Waals surface area contributed by atoms with E-state index in [0.717, 1.165) is 12.8 Å². The van der Waals surface area contributed by atoms with Crippen LogP contribution in [-0.4, -0.2) is 32.7 Å². The Balaban J connectivity index is 2.00. The first-order valence-electron chi connectivity index (χ1n) is 8.78. The molecule has 0 saturated heterocycles. The molecular weight excluding hydrogens is 366 g/mol. The van der Waals surface area contributed by atoms with Crippen LogP contribution in [0.2, 0.25) is 0 Å². The lowest BCUT2D eigenvalue weighted by atomic mass is 10.2. The average Bonchev–Trinajstić information content (AvgIpc) is 2.68. The topological polar surface area (TPSA) is 89.5 Å². The summed E-state index contributed by atoms with van der Waals surface area (Å²) in [5.41, 5.74) is 1.28. The largest absolute Gasteiger partial charge is 0.462 e. The Hall–Kier alpha value is -2.67. The lowest BCUT2D eigenvalue weighted by Crippen LogP contribution is -2.13. The number of sulfone groups is 1. The standard InChI is InChI=1S/C20H23NO5S/c1-3-5-14-26-20(23)16-6-10-17(11-7-16)21-19(22)15-8-12-18(13-9-15)27(24,25)4-2/h6-13H,3-5,14H2,1-2H3,(H,21,22). The highest BCUT2D eigenvalue weighted by Gasteiger charge is 2.13. The van der Waals surface area contributed by atoms with Crippen molar-refractivity contribution in [2.45, 2.75) is 31.6 Å². The van der Waals surface area contributed by atoms with Crippen LogP contribution in [0.25, 0.3) is 0 Å². The van der Waals surface area contributed by atoms with E-state index in [1.54, 1.807) is 31.2 Å². The SMILES string of the molecule is CCCCOC(=O)c1ccc(NC(=O)c2ccc(S(=O)(=O)CC)cc2)cc1. The Morgan fingerprint density at radius 2 is 1.52 bits per heavy atom. The number of carbonyl (C=O) groups is 2. The molecule has 0 saturated carbocycles. The number of esters is 1. The van der Waals surface area contributed by atoms with Crippen LogP contribution in [0, 0.1) is 0 Å². The molecule has 2 aromatic rings. The van der Waals surface area contributed by atoms with Gasteiger partial charge < -0.3 is 10.1 Å². The molecule has 2 aromatic carbocycles. The third-order valence-electron chi connectivity index (χ3n) is 3.97. The average molecular weight is 389 g/mol. The molecule has 0 unspecified atom stereocenters. The highest BCUT2D eigenvalue weighted by Crippen LogP contribution is 2.15. The summed E-state index contributed by atoms with van der Waals surface area (Å²) >= 11 is 0. The molecule has 0 aliphatic heterocycles. The Labute approximate surface area is 159 Å². The molecular formula is C20H23NO5S. The monoisotopic (exact) mass is 389 g/mol. The molecule has 144 valence electrons. The van der Waals surface area contributed by atoms with Crippen molar-refractivity contribution >= 4 is 27.4 Å². The van der Waals surface area contributed by atoms with Crippen LogP contribution in [0.1, 0.15) is 47.4 Å². The van der Waals surface area contributed by atoms with Gasteiger partial charge >= 0.3 is 5.97 Å².